The average Bonchev–Trinajstić information content (AvgIpc) is 3.10. The highest BCUT2D eigenvalue weighted by molar-refractivity contribution is 5.89. The van der Waals surface area contributed by atoms with E-state index in [1.54, 1.807) is 34.1 Å². The minimum atomic E-state index is -0.613. The van der Waals surface area contributed by atoms with Crippen molar-refractivity contribution in [3.63, 3.8) is 0 Å². The molecule has 1 N–H and O–H groups in total. The first kappa shape index (κ1) is 21.1. The molecule has 7 nitrogen and oxygen atoms in total. The molecule has 0 radical (unpaired) electrons. The van der Waals surface area contributed by atoms with Crippen LogP contribution in [0.25, 0.3) is 11.3 Å². The molecule has 0 unspecified atom stereocenters. The zero-order valence-corrected chi connectivity index (χ0v) is 17.6. The molecule has 1 aromatic heterocycles. The number of benzene rings is 2. The number of ether oxygens (including phenoxy) is 2. The van der Waals surface area contributed by atoms with Crippen LogP contribution in [-0.4, -0.2) is 34.8 Å². The van der Waals surface area contributed by atoms with Crippen LogP contribution in [0.3, 0.4) is 0 Å². The monoisotopic (exact) mass is 406 g/mol. The first-order valence-electron chi connectivity index (χ1n) is 9.62. The Hall–Kier alpha value is -3.61. The molecule has 0 spiro atoms. The van der Waals surface area contributed by atoms with Crippen LogP contribution in [0, 0.1) is 0 Å². The normalized spacial score (nSPS) is 11.5. The second kappa shape index (κ2) is 9.26. The van der Waals surface area contributed by atoms with E-state index in [0.29, 0.717) is 6.54 Å². The van der Waals surface area contributed by atoms with Gasteiger partial charge in [-0.2, -0.15) is 10.2 Å². The van der Waals surface area contributed by atoms with E-state index >= 15 is 0 Å². The Morgan fingerprint density at radius 2 is 1.93 bits per heavy atom. The van der Waals surface area contributed by atoms with Crippen LogP contribution in [0.2, 0.25) is 0 Å². The summed E-state index contributed by atoms with van der Waals surface area (Å²) in [6.45, 7) is 6.01. The smallest absolute Gasteiger partial charge is 0.428 e. The van der Waals surface area contributed by atoms with Crippen molar-refractivity contribution < 1.29 is 14.3 Å². The molecule has 1 amide bonds. The van der Waals surface area contributed by atoms with Crippen LogP contribution in [0.4, 0.5) is 4.79 Å². The molecule has 2 aromatic carbocycles. The van der Waals surface area contributed by atoms with Gasteiger partial charge in [-0.1, -0.05) is 42.5 Å². The molecule has 156 valence electrons. The summed E-state index contributed by atoms with van der Waals surface area (Å²) in [4.78, 5) is 11.8. The zero-order chi connectivity index (χ0) is 21.6. The molecule has 0 aliphatic rings. The first-order valence-corrected chi connectivity index (χ1v) is 9.62. The molecule has 7 heteroatoms. The number of hydrogen-bond acceptors (Lipinski definition) is 5. The third-order valence-electron chi connectivity index (χ3n) is 4.08. The summed E-state index contributed by atoms with van der Waals surface area (Å²) in [7, 11) is 1.63. The van der Waals surface area contributed by atoms with Crippen molar-refractivity contribution >= 4 is 12.3 Å². The van der Waals surface area contributed by atoms with E-state index in [0.717, 1.165) is 28.1 Å². The first-order chi connectivity index (χ1) is 14.3. The van der Waals surface area contributed by atoms with Gasteiger partial charge in [-0.15, -0.1) is 0 Å². The number of carbonyl (C=O) groups excluding carboxylic acids is 1. The molecule has 3 aromatic rings. The predicted octanol–water partition coefficient (Wildman–Crippen LogP) is 4.47. The molecular weight excluding hydrogens is 380 g/mol. The second-order valence-electron chi connectivity index (χ2n) is 7.72. The maximum absolute atomic E-state index is 11.8. The molecule has 0 aliphatic heterocycles. The third kappa shape index (κ3) is 5.94. The maximum atomic E-state index is 11.8. The molecule has 0 atom stereocenters. The number of aromatic nitrogens is 2. The standard InChI is InChI=1S/C23H26N4O3/c1-23(2,3)30-22(28)25-24-14-19-16-27(15-17-9-6-5-7-10-17)26-21(19)18-11-8-12-20(13-18)29-4/h5-14,16H,15H2,1-4H3,(H,25,28)/b24-14-. The summed E-state index contributed by atoms with van der Waals surface area (Å²) in [5.41, 5.74) is 5.32. The van der Waals surface area contributed by atoms with E-state index in [2.05, 4.69) is 10.5 Å². The maximum Gasteiger partial charge on any atom is 0.428 e. The van der Waals surface area contributed by atoms with Gasteiger partial charge in [0.15, 0.2) is 0 Å². The fraction of sp³-hybridized carbons (Fsp3) is 0.261. The highest BCUT2D eigenvalue weighted by atomic mass is 16.6. The molecule has 0 saturated carbocycles. The second-order valence-corrected chi connectivity index (χ2v) is 7.72. The Labute approximate surface area is 176 Å². The fourth-order valence-corrected chi connectivity index (χ4v) is 2.83. The lowest BCUT2D eigenvalue weighted by Crippen LogP contribution is -2.29. The largest absolute Gasteiger partial charge is 0.497 e. The Morgan fingerprint density at radius 1 is 1.17 bits per heavy atom. The van der Waals surface area contributed by atoms with E-state index in [1.165, 1.54) is 0 Å². The fourth-order valence-electron chi connectivity index (χ4n) is 2.83. The van der Waals surface area contributed by atoms with Crippen LogP contribution >= 0.6 is 0 Å². The van der Waals surface area contributed by atoms with Crippen LogP contribution in [0.1, 0.15) is 31.9 Å². The molecule has 0 saturated heterocycles. The summed E-state index contributed by atoms with van der Waals surface area (Å²) in [6.07, 6.45) is 2.84. The van der Waals surface area contributed by atoms with Crippen LogP contribution in [-0.2, 0) is 11.3 Å². The number of nitrogens with zero attached hydrogens (tertiary/aromatic N) is 3. The number of nitrogens with one attached hydrogen (secondary N) is 1. The van der Waals surface area contributed by atoms with Crippen molar-refractivity contribution in [2.75, 3.05) is 7.11 Å². The van der Waals surface area contributed by atoms with Crippen molar-refractivity contribution in [1.82, 2.24) is 15.2 Å². The number of amides is 1. The van der Waals surface area contributed by atoms with Crippen LogP contribution in [0.15, 0.2) is 65.9 Å². The molecular formula is C23H26N4O3. The molecule has 1 heterocycles. The van der Waals surface area contributed by atoms with E-state index < -0.39 is 11.7 Å². The van der Waals surface area contributed by atoms with Crippen molar-refractivity contribution in [3.05, 3.63) is 71.9 Å². The van der Waals surface area contributed by atoms with Crippen molar-refractivity contribution in [2.24, 2.45) is 5.10 Å². The Bertz CT molecular complexity index is 1020. The number of rotatable bonds is 6. The van der Waals surface area contributed by atoms with Crippen molar-refractivity contribution in [2.45, 2.75) is 32.9 Å². The molecule has 0 bridgehead atoms. The SMILES string of the molecule is COc1cccc(-c2nn(Cc3ccccc3)cc2/C=N\NC(=O)OC(C)(C)C)c1. The Morgan fingerprint density at radius 3 is 2.63 bits per heavy atom. The topological polar surface area (TPSA) is 77.7 Å². The lowest BCUT2D eigenvalue weighted by Gasteiger charge is -2.18. The minimum absolute atomic E-state index is 0.591. The predicted molar refractivity (Wildman–Crippen MR) is 117 cm³/mol. The number of hydrazone groups is 1. The van der Waals surface area contributed by atoms with Crippen LogP contribution in [0.5, 0.6) is 5.75 Å². The summed E-state index contributed by atoms with van der Waals surface area (Å²) < 4.78 is 12.4. The van der Waals surface area contributed by atoms with Gasteiger partial charge in [0.25, 0.3) is 0 Å². The number of hydrogen-bond donors (Lipinski definition) is 1. The van der Waals surface area contributed by atoms with Gasteiger partial charge in [0.1, 0.15) is 17.0 Å². The molecule has 3 rings (SSSR count). The third-order valence-corrected chi connectivity index (χ3v) is 4.08. The van der Waals surface area contributed by atoms with Gasteiger partial charge in [0, 0.05) is 17.3 Å². The number of methoxy groups -OCH3 is 1. The van der Waals surface area contributed by atoms with E-state index in [9.17, 15) is 4.79 Å². The zero-order valence-electron chi connectivity index (χ0n) is 17.6. The molecule has 0 aliphatic carbocycles. The quantitative estimate of drug-likeness (QED) is 0.484. The van der Waals surface area contributed by atoms with Crippen LogP contribution < -0.4 is 10.2 Å². The van der Waals surface area contributed by atoms with Gasteiger partial charge in [0.05, 0.1) is 19.9 Å². The Kier molecular flexibility index (Phi) is 6.51. The van der Waals surface area contributed by atoms with Crippen molar-refractivity contribution in [1.29, 1.82) is 0 Å². The highest BCUT2D eigenvalue weighted by Gasteiger charge is 2.16. The van der Waals surface area contributed by atoms with Gasteiger partial charge in [-0.05, 0) is 38.5 Å². The van der Waals surface area contributed by atoms with E-state index in [4.69, 9.17) is 14.6 Å². The van der Waals surface area contributed by atoms with Gasteiger partial charge in [-0.3, -0.25) is 4.68 Å². The summed E-state index contributed by atoms with van der Waals surface area (Å²) in [5, 5.41) is 8.77. The summed E-state index contributed by atoms with van der Waals surface area (Å²) in [6, 6.07) is 17.7. The van der Waals surface area contributed by atoms with Gasteiger partial charge >= 0.3 is 6.09 Å². The lowest BCUT2D eigenvalue weighted by molar-refractivity contribution is 0.0529. The minimum Gasteiger partial charge on any atom is -0.497 e. The van der Waals surface area contributed by atoms with Crippen molar-refractivity contribution in [3.8, 4) is 17.0 Å². The van der Waals surface area contributed by atoms with Gasteiger partial charge in [0.2, 0.25) is 0 Å². The Balaban J connectivity index is 1.87. The van der Waals surface area contributed by atoms with E-state index in [-0.39, 0.29) is 0 Å². The van der Waals surface area contributed by atoms with Gasteiger partial charge in [-0.25, -0.2) is 10.2 Å². The number of carbonyl (C=O) groups is 1. The van der Waals surface area contributed by atoms with Gasteiger partial charge < -0.3 is 9.47 Å². The molecule has 0 fully saturated rings. The lowest BCUT2D eigenvalue weighted by atomic mass is 10.1. The summed E-state index contributed by atoms with van der Waals surface area (Å²) >= 11 is 0. The molecule has 30 heavy (non-hydrogen) atoms. The highest BCUT2D eigenvalue weighted by Crippen LogP contribution is 2.25. The average molecular weight is 406 g/mol. The summed E-state index contributed by atoms with van der Waals surface area (Å²) in [5.74, 6) is 0.736. The van der Waals surface area contributed by atoms with E-state index in [1.807, 2.05) is 65.5 Å².